The number of para-hydroxylation sites is 2. The molecule has 2 aliphatic heterocycles. The minimum atomic E-state index is -0.186. The van der Waals surface area contributed by atoms with E-state index in [9.17, 15) is 9.59 Å². The molecule has 1 aromatic rings. The molecule has 140 valence electrons. The molecule has 2 heterocycles. The van der Waals surface area contributed by atoms with Crippen LogP contribution < -0.4 is 14.8 Å². The van der Waals surface area contributed by atoms with Crippen LogP contribution in [0.5, 0.6) is 11.5 Å². The zero-order valence-corrected chi connectivity index (χ0v) is 15.0. The highest BCUT2D eigenvalue weighted by Crippen LogP contribution is 2.30. The van der Waals surface area contributed by atoms with Crippen LogP contribution in [0, 0.1) is 5.92 Å². The Kier molecular flexibility index (Phi) is 6.15. The van der Waals surface area contributed by atoms with Gasteiger partial charge in [0.15, 0.2) is 11.5 Å². The predicted molar refractivity (Wildman–Crippen MR) is 98.1 cm³/mol. The molecule has 1 aromatic carbocycles. The number of hydrogen-bond acceptors (Lipinski definition) is 4. The number of allylic oxidation sites excluding steroid dienone is 1. The van der Waals surface area contributed by atoms with Gasteiger partial charge in [-0.2, -0.15) is 0 Å². The van der Waals surface area contributed by atoms with Crippen LogP contribution in [0.15, 0.2) is 36.9 Å². The Morgan fingerprint density at radius 2 is 1.96 bits per heavy atom. The molecular weight excluding hydrogens is 332 g/mol. The van der Waals surface area contributed by atoms with Crippen molar-refractivity contribution in [3.8, 4) is 11.5 Å². The standard InChI is InChI=1S/C20H26N2O4/c1-2-3-8-19(23)22-11-9-15(10-12-22)20(24)21-13-16-14-25-17-6-4-5-7-18(17)26-16/h2,4-7,15-16H,1,3,8-14H2,(H,21,24). The molecule has 2 aliphatic rings. The Bertz CT molecular complexity index is 653. The lowest BCUT2D eigenvalue weighted by molar-refractivity contribution is -0.135. The average molecular weight is 358 g/mol. The average Bonchev–Trinajstić information content (AvgIpc) is 2.70. The van der Waals surface area contributed by atoms with Gasteiger partial charge in [0.25, 0.3) is 0 Å². The molecular formula is C20H26N2O4. The highest BCUT2D eigenvalue weighted by Gasteiger charge is 2.28. The number of ether oxygens (including phenoxy) is 2. The lowest BCUT2D eigenvalue weighted by atomic mass is 9.95. The van der Waals surface area contributed by atoms with E-state index in [1.807, 2.05) is 29.2 Å². The van der Waals surface area contributed by atoms with Gasteiger partial charge in [0.1, 0.15) is 12.7 Å². The first-order valence-electron chi connectivity index (χ1n) is 9.22. The zero-order valence-electron chi connectivity index (χ0n) is 15.0. The summed E-state index contributed by atoms with van der Waals surface area (Å²) in [6.45, 7) is 5.77. The second-order valence-corrected chi connectivity index (χ2v) is 6.73. The molecule has 6 heteroatoms. The molecule has 26 heavy (non-hydrogen) atoms. The van der Waals surface area contributed by atoms with E-state index in [4.69, 9.17) is 9.47 Å². The third kappa shape index (κ3) is 4.56. The Morgan fingerprint density at radius 1 is 1.23 bits per heavy atom. The van der Waals surface area contributed by atoms with Crippen molar-refractivity contribution in [2.45, 2.75) is 31.8 Å². The monoisotopic (exact) mass is 358 g/mol. The lowest BCUT2D eigenvalue weighted by Crippen LogP contribution is -2.46. The summed E-state index contributed by atoms with van der Waals surface area (Å²) in [5.41, 5.74) is 0. The number of amides is 2. The molecule has 1 N–H and O–H groups in total. The van der Waals surface area contributed by atoms with E-state index in [0.717, 1.165) is 5.75 Å². The second kappa shape index (κ2) is 8.74. The van der Waals surface area contributed by atoms with Crippen LogP contribution in [0.3, 0.4) is 0 Å². The van der Waals surface area contributed by atoms with E-state index >= 15 is 0 Å². The molecule has 1 unspecified atom stereocenters. The fourth-order valence-corrected chi connectivity index (χ4v) is 3.30. The van der Waals surface area contributed by atoms with Gasteiger partial charge in [-0.1, -0.05) is 18.2 Å². The number of nitrogens with zero attached hydrogens (tertiary/aromatic N) is 1. The van der Waals surface area contributed by atoms with Gasteiger partial charge < -0.3 is 19.7 Å². The number of rotatable bonds is 6. The van der Waals surface area contributed by atoms with Crippen molar-refractivity contribution in [2.75, 3.05) is 26.2 Å². The van der Waals surface area contributed by atoms with Crippen molar-refractivity contribution >= 4 is 11.8 Å². The normalized spacial score (nSPS) is 19.7. The molecule has 0 radical (unpaired) electrons. The number of carbonyl (C=O) groups excluding carboxylic acids is 2. The Labute approximate surface area is 154 Å². The number of benzene rings is 1. The minimum absolute atomic E-state index is 0.0330. The van der Waals surface area contributed by atoms with Crippen molar-refractivity contribution in [2.24, 2.45) is 5.92 Å². The van der Waals surface area contributed by atoms with Crippen molar-refractivity contribution in [3.63, 3.8) is 0 Å². The third-order valence-corrected chi connectivity index (χ3v) is 4.85. The van der Waals surface area contributed by atoms with Gasteiger partial charge in [-0.05, 0) is 31.4 Å². The summed E-state index contributed by atoms with van der Waals surface area (Å²) in [5, 5.41) is 2.97. The van der Waals surface area contributed by atoms with Crippen LogP contribution in [0.2, 0.25) is 0 Å². The first kappa shape index (κ1) is 18.3. The maximum atomic E-state index is 12.4. The number of piperidine rings is 1. The van der Waals surface area contributed by atoms with E-state index < -0.39 is 0 Å². The summed E-state index contributed by atoms with van der Waals surface area (Å²) in [4.78, 5) is 26.3. The number of nitrogens with one attached hydrogen (secondary N) is 1. The van der Waals surface area contributed by atoms with Crippen molar-refractivity contribution in [1.29, 1.82) is 0 Å². The van der Waals surface area contributed by atoms with Gasteiger partial charge in [-0.25, -0.2) is 0 Å². The number of hydrogen-bond donors (Lipinski definition) is 1. The van der Waals surface area contributed by atoms with Crippen LogP contribution in [-0.2, 0) is 9.59 Å². The van der Waals surface area contributed by atoms with E-state index in [-0.39, 0.29) is 23.8 Å². The van der Waals surface area contributed by atoms with Gasteiger partial charge in [-0.15, -0.1) is 6.58 Å². The van der Waals surface area contributed by atoms with Crippen LogP contribution in [-0.4, -0.2) is 49.1 Å². The largest absolute Gasteiger partial charge is 0.486 e. The Hall–Kier alpha value is -2.50. The van der Waals surface area contributed by atoms with Gasteiger partial charge in [0.2, 0.25) is 11.8 Å². The zero-order chi connectivity index (χ0) is 18.4. The van der Waals surface area contributed by atoms with Gasteiger partial charge in [0.05, 0.1) is 6.54 Å². The van der Waals surface area contributed by atoms with E-state index in [1.165, 1.54) is 0 Å². The highest BCUT2D eigenvalue weighted by atomic mass is 16.6. The molecule has 0 aliphatic carbocycles. The summed E-state index contributed by atoms with van der Waals surface area (Å²) in [6, 6.07) is 7.53. The molecule has 0 saturated carbocycles. The summed E-state index contributed by atoms with van der Waals surface area (Å²) < 4.78 is 11.5. The molecule has 0 spiro atoms. The minimum Gasteiger partial charge on any atom is -0.486 e. The van der Waals surface area contributed by atoms with Gasteiger partial charge in [-0.3, -0.25) is 9.59 Å². The smallest absolute Gasteiger partial charge is 0.223 e. The van der Waals surface area contributed by atoms with Crippen LogP contribution in [0.25, 0.3) is 0 Å². The summed E-state index contributed by atoms with van der Waals surface area (Å²) in [7, 11) is 0. The Balaban J connectivity index is 1.40. The summed E-state index contributed by atoms with van der Waals surface area (Å²) >= 11 is 0. The maximum Gasteiger partial charge on any atom is 0.223 e. The highest BCUT2D eigenvalue weighted by molar-refractivity contribution is 5.80. The van der Waals surface area contributed by atoms with Crippen LogP contribution >= 0.6 is 0 Å². The molecule has 1 fully saturated rings. The topological polar surface area (TPSA) is 67.9 Å². The van der Waals surface area contributed by atoms with Crippen LogP contribution in [0.4, 0.5) is 0 Å². The van der Waals surface area contributed by atoms with E-state index in [0.29, 0.717) is 57.7 Å². The fraction of sp³-hybridized carbons (Fsp3) is 0.500. The maximum absolute atomic E-state index is 12.4. The SMILES string of the molecule is C=CCCC(=O)N1CCC(C(=O)NCC2COc3ccccc3O2)CC1. The van der Waals surface area contributed by atoms with Crippen molar-refractivity contribution < 1.29 is 19.1 Å². The Morgan fingerprint density at radius 3 is 2.69 bits per heavy atom. The molecule has 2 amide bonds. The molecule has 0 bridgehead atoms. The van der Waals surface area contributed by atoms with Crippen molar-refractivity contribution in [3.05, 3.63) is 36.9 Å². The molecule has 1 saturated heterocycles. The molecule has 3 rings (SSSR count). The predicted octanol–water partition coefficient (Wildman–Crippen LogP) is 2.15. The van der Waals surface area contributed by atoms with E-state index in [1.54, 1.807) is 6.08 Å². The first-order valence-corrected chi connectivity index (χ1v) is 9.22. The van der Waals surface area contributed by atoms with Crippen molar-refractivity contribution in [1.82, 2.24) is 10.2 Å². The fourth-order valence-electron chi connectivity index (χ4n) is 3.30. The first-order chi connectivity index (χ1) is 12.7. The second-order valence-electron chi connectivity index (χ2n) is 6.73. The van der Waals surface area contributed by atoms with Crippen LogP contribution in [0.1, 0.15) is 25.7 Å². The molecule has 0 aromatic heterocycles. The van der Waals surface area contributed by atoms with Gasteiger partial charge >= 0.3 is 0 Å². The van der Waals surface area contributed by atoms with Gasteiger partial charge in [0, 0.05) is 25.4 Å². The number of carbonyl (C=O) groups is 2. The quantitative estimate of drug-likeness (QED) is 0.791. The molecule has 1 atom stereocenters. The summed E-state index contributed by atoms with van der Waals surface area (Å²) in [6.07, 6.45) is 4.18. The molecule has 6 nitrogen and oxygen atoms in total. The third-order valence-electron chi connectivity index (χ3n) is 4.85. The number of fused-ring (bicyclic) bond motifs is 1. The van der Waals surface area contributed by atoms with E-state index in [2.05, 4.69) is 11.9 Å². The summed E-state index contributed by atoms with van der Waals surface area (Å²) in [5.74, 6) is 1.59. The number of likely N-dealkylation sites (tertiary alicyclic amines) is 1. The lowest BCUT2D eigenvalue weighted by Gasteiger charge is -2.32.